The number of hydrogen-bond acceptors (Lipinski definition) is 5. The van der Waals surface area contributed by atoms with Gasteiger partial charge >= 0.3 is 0 Å². The zero-order valence-corrected chi connectivity index (χ0v) is 18.8. The van der Waals surface area contributed by atoms with Gasteiger partial charge < -0.3 is 14.5 Å². The number of hydrogen-bond donors (Lipinski definition) is 0. The number of nitrogens with zero attached hydrogens (tertiary/aromatic N) is 5. The molecule has 3 heterocycles. The van der Waals surface area contributed by atoms with Crippen LogP contribution in [0.25, 0.3) is 0 Å². The molecule has 0 N–H and O–H groups in total. The predicted molar refractivity (Wildman–Crippen MR) is 122 cm³/mol. The first-order valence-electron chi connectivity index (χ1n) is 11.5. The lowest BCUT2D eigenvalue weighted by Gasteiger charge is -2.39. The van der Waals surface area contributed by atoms with Crippen molar-refractivity contribution in [2.24, 2.45) is 0 Å². The van der Waals surface area contributed by atoms with E-state index in [9.17, 15) is 14.0 Å². The second-order valence-corrected chi connectivity index (χ2v) is 8.76. The first kappa shape index (κ1) is 22.1. The van der Waals surface area contributed by atoms with Crippen LogP contribution in [0.4, 0.5) is 4.39 Å². The maximum absolute atomic E-state index is 13.1. The highest BCUT2D eigenvalue weighted by Gasteiger charge is 2.32. The van der Waals surface area contributed by atoms with E-state index >= 15 is 0 Å². The number of carbonyl (C=O) groups excluding carboxylic acids is 2. The number of aryl methyl sites for hydroxylation is 1. The molecule has 2 saturated heterocycles. The lowest BCUT2D eigenvalue weighted by Crippen LogP contribution is -2.51. The van der Waals surface area contributed by atoms with Crippen molar-refractivity contribution in [3.63, 3.8) is 0 Å². The van der Waals surface area contributed by atoms with Gasteiger partial charge in [0.05, 0.1) is 18.8 Å². The second-order valence-electron chi connectivity index (χ2n) is 8.76. The Morgan fingerprint density at radius 2 is 1.94 bits per heavy atom. The van der Waals surface area contributed by atoms with Gasteiger partial charge in [-0.25, -0.2) is 9.07 Å². The Kier molecular flexibility index (Phi) is 6.24. The Bertz CT molecular complexity index is 1170. The van der Waals surface area contributed by atoms with Crippen LogP contribution in [0.5, 0.6) is 11.5 Å². The normalized spacial score (nSPS) is 16.1. The minimum atomic E-state index is -0.310. The van der Waals surface area contributed by atoms with Crippen molar-refractivity contribution in [2.75, 3.05) is 19.6 Å². The van der Waals surface area contributed by atoms with Crippen LogP contribution >= 0.6 is 0 Å². The van der Waals surface area contributed by atoms with Gasteiger partial charge in [-0.15, -0.1) is 5.10 Å². The third-order valence-corrected chi connectivity index (χ3v) is 6.25. The van der Waals surface area contributed by atoms with E-state index in [0.717, 1.165) is 24.2 Å². The highest BCUT2D eigenvalue weighted by Crippen LogP contribution is 2.25. The van der Waals surface area contributed by atoms with Crippen molar-refractivity contribution in [1.82, 2.24) is 24.8 Å². The molecule has 0 bridgehead atoms. The topological polar surface area (TPSA) is 80.6 Å². The number of likely N-dealkylation sites (tertiary alicyclic amines) is 2. The van der Waals surface area contributed by atoms with Crippen molar-refractivity contribution in [3.05, 3.63) is 71.8 Å². The third kappa shape index (κ3) is 5.08. The predicted octanol–water partition coefficient (Wildman–Crippen LogP) is 3.35. The van der Waals surface area contributed by atoms with Crippen molar-refractivity contribution < 1.29 is 18.7 Å². The molecule has 2 aliphatic heterocycles. The summed E-state index contributed by atoms with van der Waals surface area (Å²) in [6.45, 7) is 2.49. The van der Waals surface area contributed by atoms with E-state index in [2.05, 4.69) is 10.3 Å². The molecule has 8 nitrogen and oxygen atoms in total. The SMILES string of the molecule is O=C1CCCN1Cc1cn(C2CN(C(=O)CCc3cccc(Oc4ccc(F)cc4)c3)C2)nn1. The molecular weight excluding hydrogens is 437 g/mol. The third-order valence-electron chi connectivity index (χ3n) is 6.25. The van der Waals surface area contributed by atoms with Crippen molar-refractivity contribution in [2.45, 2.75) is 38.3 Å². The molecule has 0 saturated carbocycles. The Morgan fingerprint density at radius 3 is 2.71 bits per heavy atom. The molecule has 0 atom stereocenters. The van der Waals surface area contributed by atoms with E-state index in [1.54, 1.807) is 16.8 Å². The quantitative estimate of drug-likeness (QED) is 0.512. The van der Waals surface area contributed by atoms with E-state index < -0.39 is 0 Å². The zero-order chi connectivity index (χ0) is 23.5. The number of halogens is 1. The van der Waals surface area contributed by atoms with Gasteiger partial charge in [0, 0.05) is 32.5 Å². The lowest BCUT2D eigenvalue weighted by atomic mass is 10.1. The van der Waals surface area contributed by atoms with Crippen molar-refractivity contribution in [1.29, 1.82) is 0 Å². The fourth-order valence-corrected chi connectivity index (χ4v) is 4.27. The molecule has 2 aliphatic rings. The Morgan fingerprint density at radius 1 is 1.12 bits per heavy atom. The average Bonchev–Trinajstić information content (AvgIpc) is 3.42. The molecule has 2 aromatic carbocycles. The fourth-order valence-electron chi connectivity index (χ4n) is 4.27. The number of benzene rings is 2. The summed E-state index contributed by atoms with van der Waals surface area (Å²) >= 11 is 0. The van der Waals surface area contributed by atoms with Gasteiger partial charge in [-0.05, 0) is 54.8 Å². The largest absolute Gasteiger partial charge is 0.457 e. The summed E-state index contributed by atoms with van der Waals surface area (Å²) in [7, 11) is 0. The van der Waals surface area contributed by atoms with Crippen molar-refractivity contribution in [3.8, 4) is 11.5 Å². The Labute approximate surface area is 196 Å². The molecule has 0 unspecified atom stereocenters. The molecule has 2 fully saturated rings. The summed E-state index contributed by atoms with van der Waals surface area (Å²) < 4.78 is 20.6. The molecule has 1 aromatic heterocycles. The van der Waals surface area contributed by atoms with Gasteiger partial charge in [-0.1, -0.05) is 17.3 Å². The van der Waals surface area contributed by atoms with Gasteiger partial charge in [0.1, 0.15) is 23.0 Å². The highest BCUT2D eigenvalue weighted by molar-refractivity contribution is 5.78. The van der Waals surface area contributed by atoms with Gasteiger partial charge in [-0.2, -0.15) is 0 Å². The number of rotatable bonds is 8. The number of amides is 2. The zero-order valence-electron chi connectivity index (χ0n) is 18.8. The molecular formula is C25H26FN5O3. The minimum Gasteiger partial charge on any atom is -0.457 e. The van der Waals surface area contributed by atoms with Gasteiger partial charge in [-0.3, -0.25) is 9.59 Å². The first-order chi connectivity index (χ1) is 16.5. The summed E-state index contributed by atoms with van der Waals surface area (Å²) in [5.41, 5.74) is 1.78. The van der Waals surface area contributed by atoms with Crippen LogP contribution in [0.2, 0.25) is 0 Å². The summed E-state index contributed by atoms with van der Waals surface area (Å²) in [5.74, 6) is 1.17. The summed E-state index contributed by atoms with van der Waals surface area (Å²) in [6, 6.07) is 13.6. The van der Waals surface area contributed by atoms with Crippen LogP contribution in [-0.2, 0) is 22.6 Å². The van der Waals surface area contributed by atoms with Crippen LogP contribution in [0.1, 0.15) is 36.6 Å². The van der Waals surface area contributed by atoms with Crippen LogP contribution in [-0.4, -0.2) is 56.2 Å². The van der Waals surface area contributed by atoms with E-state index in [-0.39, 0.29) is 23.7 Å². The maximum Gasteiger partial charge on any atom is 0.223 e. The van der Waals surface area contributed by atoms with E-state index in [1.807, 2.05) is 40.3 Å². The lowest BCUT2D eigenvalue weighted by molar-refractivity contribution is -0.137. The molecule has 176 valence electrons. The van der Waals surface area contributed by atoms with E-state index in [1.165, 1.54) is 12.1 Å². The maximum atomic E-state index is 13.1. The molecule has 3 aromatic rings. The molecule has 0 spiro atoms. The van der Waals surface area contributed by atoms with E-state index in [0.29, 0.717) is 50.4 Å². The molecule has 5 rings (SSSR count). The second kappa shape index (κ2) is 9.62. The summed E-state index contributed by atoms with van der Waals surface area (Å²) in [4.78, 5) is 28.1. The van der Waals surface area contributed by atoms with Crippen LogP contribution in [0, 0.1) is 5.82 Å². The monoisotopic (exact) mass is 463 g/mol. The average molecular weight is 464 g/mol. The van der Waals surface area contributed by atoms with Crippen LogP contribution in [0.3, 0.4) is 0 Å². The van der Waals surface area contributed by atoms with E-state index in [4.69, 9.17) is 4.74 Å². The Balaban J connectivity index is 1.08. The van der Waals surface area contributed by atoms with Crippen LogP contribution < -0.4 is 4.74 Å². The summed E-state index contributed by atoms with van der Waals surface area (Å²) in [6.07, 6.45) is 4.41. The molecule has 0 aliphatic carbocycles. The smallest absolute Gasteiger partial charge is 0.223 e. The number of carbonyl (C=O) groups is 2. The minimum absolute atomic E-state index is 0.101. The highest BCUT2D eigenvalue weighted by atomic mass is 19.1. The van der Waals surface area contributed by atoms with Gasteiger partial charge in [0.2, 0.25) is 11.8 Å². The molecule has 0 radical (unpaired) electrons. The molecule has 9 heteroatoms. The van der Waals surface area contributed by atoms with Gasteiger partial charge in [0.15, 0.2) is 0 Å². The first-order valence-corrected chi connectivity index (χ1v) is 11.5. The molecule has 34 heavy (non-hydrogen) atoms. The standard InChI is InChI=1S/C25H26FN5O3/c26-19-7-9-22(10-8-19)34-23-4-1-3-18(13-23)6-11-25(33)30-16-21(17-30)31-15-20(27-28-31)14-29-12-2-5-24(29)32/h1,3-4,7-10,13,15,21H,2,5-6,11-12,14,16-17H2. The Hall–Kier alpha value is -3.75. The summed E-state index contributed by atoms with van der Waals surface area (Å²) in [5, 5.41) is 8.39. The van der Waals surface area contributed by atoms with Crippen molar-refractivity contribution >= 4 is 11.8 Å². The fraction of sp³-hybridized carbons (Fsp3) is 0.360. The number of aromatic nitrogens is 3. The molecule has 2 amide bonds. The van der Waals surface area contributed by atoms with Gasteiger partial charge in [0.25, 0.3) is 0 Å². The number of ether oxygens (including phenoxy) is 1. The van der Waals surface area contributed by atoms with Crippen LogP contribution in [0.15, 0.2) is 54.7 Å².